The molecule has 1 aromatic carbocycles. The van der Waals surface area contributed by atoms with Crippen molar-refractivity contribution in [3.63, 3.8) is 0 Å². The SMILES string of the molecule is O=[N+]([O-])c1cc(F)ccc1COc1cccnc1. The molecule has 0 unspecified atom stereocenters. The summed E-state index contributed by atoms with van der Waals surface area (Å²) in [6.07, 6.45) is 3.09. The summed E-state index contributed by atoms with van der Waals surface area (Å²) in [5, 5.41) is 10.8. The lowest BCUT2D eigenvalue weighted by Gasteiger charge is -2.06. The van der Waals surface area contributed by atoms with Crippen LogP contribution in [-0.4, -0.2) is 9.91 Å². The molecule has 0 saturated heterocycles. The number of hydrogen-bond acceptors (Lipinski definition) is 4. The van der Waals surface area contributed by atoms with E-state index in [0.29, 0.717) is 11.3 Å². The predicted octanol–water partition coefficient (Wildman–Crippen LogP) is 2.71. The van der Waals surface area contributed by atoms with Gasteiger partial charge in [-0.25, -0.2) is 4.39 Å². The molecular weight excluding hydrogens is 239 g/mol. The van der Waals surface area contributed by atoms with E-state index in [1.807, 2.05) is 0 Å². The molecule has 92 valence electrons. The second-order valence-electron chi connectivity index (χ2n) is 3.51. The molecule has 0 spiro atoms. The summed E-state index contributed by atoms with van der Waals surface area (Å²) < 4.78 is 18.2. The van der Waals surface area contributed by atoms with Gasteiger partial charge in [0, 0.05) is 6.20 Å². The van der Waals surface area contributed by atoms with E-state index in [2.05, 4.69) is 4.98 Å². The van der Waals surface area contributed by atoms with Crippen molar-refractivity contribution in [2.75, 3.05) is 0 Å². The summed E-state index contributed by atoms with van der Waals surface area (Å²) in [6, 6.07) is 6.75. The molecule has 5 nitrogen and oxygen atoms in total. The van der Waals surface area contributed by atoms with Gasteiger partial charge in [0.1, 0.15) is 18.2 Å². The second-order valence-corrected chi connectivity index (χ2v) is 3.51. The molecule has 18 heavy (non-hydrogen) atoms. The molecule has 0 aliphatic carbocycles. The van der Waals surface area contributed by atoms with Gasteiger partial charge in [-0.3, -0.25) is 15.1 Å². The third-order valence-electron chi connectivity index (χ3n) is 2.27. The number of nitrogens with zero attached hydrogens (tertiary/aromatic N) is 2. The number of aromatic nitrogens is 1. The zero-order chi connectivity index (χ0) is 13.0. The normalized spacial score (nSPS) is 10.1. The Morgan fingerprint density at radius 3 is 2.89 bits per heavy atom. The van der Waals surface area contributed by atoms with Gasteiger partial charge in [0.25, 0.3) is 5.69 Å². The lowest BCUT2D eigenvalue weighted by molar-refractivity contribution is -0.386. The van der Waals surface area contributed by atoms with Crippen LogP contribution in [0.5, 0.6) is 5.75 Å². The van der Waals surface area contributed by atoms with Crippen LogP contribution in [0.1, 0.15) is 5.56 Å². The fourth-order valence-electron chi connectivity index (χ4n) is 1.42. The lowest BCUT2D eigenvalue weighted by atomic mass is 10.2. The topological polar surface area (TPSA) is 65.3 Å². The maximum Gasteiger partial charge on any atom is 0.278 e. The number of halogens is 1. The van der Waals surface area contributed by atoms with E-state index in [0.717, 1.165) is 12.1 Å². The van der Waals surface area contributed by atoms with Crippen molar-refractivity contribution in [3.05, 3.63) is 64.2 Å². The molecule has 0 bridgehead atoms. The number of pyridine rings is 1. The van der Waals surface area contributed by atoms with Crippen LogP contribution in [0.25, 0.3) is 0 Å². The fourth-order valence-corrected chi connectivity index (χ4v) is 1.42. The summed E-state index contributed by atoms with van der Waals surface area (Å²) >= 11 is 0. The molecule has 0 radical (unpaired) electrons. The molecule has 1 aromatic heterocycles. The molecule has 6 heteroatoms. The first-order valence-electron chi connectivity index (χ1n) is 5.12. The van der Waals surface area contributed by atoms with Crippen LogP contribution in [0.3, 0.4) is 0 Å². The Morgan fingerprint density at radius 1 is 1.39 bits per heavy atom. The average Bonchev–Trinajstić information content (AvgIpc) is 2.38. The Kier molecular flexibility index (Phi) is 3.47. The van der Waals surface area contributed by atoms with Crippen molar-refractivity contribution in [2.24, 2.45) is 0 Å². The van der Waals surface area contributed by atoms with Gasteiger partial charge < -0.3 is 4.74 Å². The van der Waals surface area contributed by atoms with Gasteiger partial charge in [-0.05, 0) is 24.3 Å². The Bertz CT molecular complexity index is 561. The first-order valence-corrected chi connectivity index (χ1v) is 5.12. The molecule has 2 aromatic rings. The van der Waals surface area contributed by atoms with Crippen molar-refractivity contribution < 1.29 is 14.1 Å². The molecule has 0 aliphatic heterocycles. The number of rotatable bonds is 4. The zero-order valence-electron chi connectivity index (χ0n) is 9.25. The molecule has 0 amide bonds. The standard InChI is InChI=1S/C12H9FN2O3/c13-10-4-3-9(12(6-10)15(16)17)8-18-11-2-1-5-14-7-11/h1-7H,8H2. The first kappa shape index (κ1) is 12.0. The lowest BCUT2D eigenvalue weighted by Crippen LogP contribution is -2.01. The van der Waals surface area contributed by atoms with Gasteiger partial charge in [0.2, 0.25) is 0 Å². The van der Waals surface area contributed by atoms with Crippen molar-refractivity contribution in [3.8, 4) is 5.75 Å². The summed E-state index contributed by atoms with van der Waals surface area (Å²) in [4.78, 5) is 14.0. The van der Waals surface area contributed by atoms with Crippen LogP contribution in [0, 0.1) is 15.9 Å². The maximum absolute atomic E-state index is 12.9. The summed E-state index contributed by atoms with van der Waals surface area (Å²) in [5.74, 6) is -0.150. The molecule has 0 aliphatic rings. The minimum absolute atomic E-state index is 0.0116. The number of hydrogen-bond donors (Lipinski definition) is 0. The zero-order valence-corrected chi connectivity index (χ0v) is 9.25. The number of benzene rings is 1. The minimum atomic E-state index is -0.646. The summed E-state index contributed by atoms with van der Waals surface area (Å²) in [5.41, 5.74) is 0.0177. The summed E-state index contributed by atoms with van der Waals surface area (Å²) in [6.45, 7) is -0.0116. The second kappa shape index (κ2) is 5.22. The molecule has 0 N–H and O–H groups in total. The van der Waals surface area contributed by atoms with E-state index in [1.54, 1.807) is 18.3 Å². The number of nitro benzene ring substituents is 1. The molecule has 2 rings (SSSR count). The number of nitro groups is 1. The van der Waals surface area contributed by atoms with E-state index in [-0.39, 0.29) is 12.3 Å². The van der Waals surface area contributed by atoms with Gasteiger partial charge >= 0.3 is 0 Å². The van der Waals surface area contributed by atoms with Gasteiger partial charge in [0.15, 0.2) is 0 Å². The van der Waals surface area contributed by atoms with E-state index in [9.17, 15) is 14.5 Å². The van der Waals surface area contributed by atoms with Crippen molar-refractivity contribution in [1.82, 2.24) is 4.98 Å². The van der Waals surface area contributed by atoms with Crippen LogP contribution in [0.2, 0.25) is 0 Å². The van der Waals surface area contributed by atoms with Crippen LogP contribution >= 0.6 is 0 Å². The Hall–Kier alpha value is -2.50. The van der Waals surface area contributed by atoms with Crippen LogP contribution < -0.4 is 4.74 Å². The van der Waals surface area contributed by atoms with E-state index >= 15 is 0 Å². The molecule has 0 fully saturated rings. The van der Waals surface area contributed by atoms with Crippen molar-refractivity contribution in [1.29, 1.82) is 0 Å². The maximum atomic E-state index is 12.9. The highest BCUT2D eigenvalue weighted by Gasteiger charge is 2.15. The van der Waals surface area contributed by atoms with Crippen LogP contribution in [-0.2, 0) is 6.61 Å². The van der Waals surface area contributed by atoms with Crippen molar-refractivity contribution >= 4 is 5.69 Å². The van der Waals surface area contributed by atoms with Crippen molar-refractivity contribution in [2.45, 2.75) is 6.61 Å². The smallest absolute Gasteiger partial charge is 0.278 e. The summed E-state index contributed by atoms with van der Waals surface area (Å²) in [7, 11) is 0. The highest BCUT2D eigenvalue weighted by molar-refractivity contribution is 5.40. The van der Waals surface area contributed by atoms with Crippen LogP contribution in [0.15, 0.2) is 42.7 Å². The molecule has 0 atom stereocenters. The Morgan fingerprint density at radius 2 is 2.22 bits per heavy atom. The highest BCUT2D eigenvalue weighted by atomic mass is 19.1. The van der Waals surface area contributed by atoms with E-state index < -0.39 is 10.7 Å². The van der Waals surface area contributed by atoms with Gasteiger partial charge in [-0.15, -0.1) is 0 Å². The average molecular weight is 248 g/mol. The molecule has 0 saturated carbocycles. The van der Waals surface area contributed by atoms with Gasteiger partial charge in [-0.1, -0.05) is 0 Å². The predicted molar refractivity (Wildman–Crippen MR) is 61.6 cm³/mol. The quantitative estimate of drug-likeness (QED) is 0.616. The molecule has 1 heterocycles. The first-order chi connectivity index (χ1) is 8.66. The Labute approximate surface area is 102 Å². The molecular formula is C12H9FN2O3. The third kappa shape index (κ3) is 2.79. The highest BCUT2D eigenvalue weighted by Crippen LogP contribution is 2.21. The van der Waals surface area contributed by atoms with E-state index in [1.165, 1.54) is 12.3 Å². The fraction of sp³-hybridized carbons (Fsp3) is 0.0833. The van der Waals surface area contributed by atoms with Gasteiger partial charge in [-0.2, -0.15) is 0 Å². The largest absolute Gasteiger partial charge is 0.487 e. The Balaban J connectivity index is 2.17. The number of ether oxygens (including phenoxy) is 1. The monoisotopic (exact) mass is 248 g/mol. The minimum Gasteiger partial charge on any atom is -0.487 e. The van der Waals surface area contributed by atoms with Crippen LogP contribution in [0.4, 0.5) is 10.1 Å². The van der Waals surface area contributed by atoms with E-state index in [4.69, 9.17) is 4.74 Å². The van der Waals surface area contributed by atoms with Gasteiger partial charge in [0.05, 0.1) is 22.7 Å². The third-order valence-corrected chi connectivity index (χ3v) is 2.27.